The van der Waals surface area contributed by atoms with Gasteiger partial charge in [0, 0.05) is 5.56 Å². The summed E-state index contributed by atoms with van der Waals surface area (Å²) in [5.74, 6) is 0. The first kappa shape index (κ1) is 12.0. The highest BCUT2D eigenvalue weighted by molar-refractivity contribution is 6.67. The second-order valence-corrected chi connectivity index (χ2v) is 4.87. The number of carbonyl (C=O) groups is 1. The van der Waals surface area contributed by atoms with Crippen LogP contribution in [0.4, 0.5) is 0 Å². The van der Waals surface area contributed by atoms with Crippen LogP contribution in [0.1, 0.15) is 42.3 Å². The number of rotatable bonds is 2. The molecule has 0 aliphatic carbocycles. The molecule has 80 valence electrons. The van der Waals surface area contributed by atoms with Crippen molar-refractivity contribution < 1.29 is 4.79 Å². The Morgan fingerprint density at radius 2 is 2.00 bits per heavy atom. The Morgan fingerprint density at radius 3 is 2.40 bits per heavy atom. The highest BCUT2D eigenvalue weighted by atomic mass is 35.5. The zero-order valence-corrected chi connectivity index (χ0v) is 10.1. The van der Waals surface area contributed by atoms with Gasteiger partial charge in [-0.3, -0.25) is 4.79 Å². The van der Waals surface area contributed by atoms with Crippen molar-refractivity contribution in [3.05, 3.63) is 41.5 Å². The summed E-state index contributed by atoms with van der Waals surface area (Å²) in [5, 5.41) is -0.432. The van der Waals surface area contributed by atoms with Gasteiger partial charge in [0.25, 0.3) is 5.24 Å². The number of hydrogen-bond acceptors (Lipinski definition) is 1. The lowest BCUT2D eigenvalue weighted by Crippen LogP contribution is -2.13. The predicted molar refractivity (Wildman–Crippen MR) is 65.4 cm³/mol. The van der Waals surface area contributed by atoms with Gasteiger partial charge in [-0.15, -0.1) is 0 Å². The van der Waals surface area contributed by atoms with Gasteiger partial charge in [-0.2, -0.15) is 0 Å². The maximum Gasteiger partial charge on any atom is 0.252 e. The summed E-state index contributed by atoms with van der Waals surface area (Å²) in [6, 6.07) is 5.47. The summed E-state index contributed by atoms with van der Waals surface area (Å²) < 4.78 is 0. The molecule has 15 heavy (non-hydrogen) atoms. The third-order valence-corrected chi connectivity index (χ3v) is 2.52. The predicted octanol–water partition coefficient (Wildman–Crippen LogP) is 4.01. The average molecular weight is 223 g/mol. The van der Waals surface area contributed by atoms with E-state index in [2.05, 4.69) is 27.4 Å². The lowest BCUT2D eigenvalue weighted by atomic mass is 9.83. The van der Waals surface area contributed by atoms with Crippen molar-refractivity contribution in [3.63, 3.8) is 0 Å². The van der Waals surface area contributed by atoms with Crippen molar-refractivity contribution in [2.24, 2.45) is 0 Å². The van der Waals surface area contributed by atoms with Crippen LogP contribution in [0.3, 0.4) is 0 Å². The van der Waals surface area contributed by atoms with Gasteiger partial charge in [-0.1, -0.05) is 39.5 Å². The highest BCUT2D eigenvalue weighted by Crippen LogP contribution is 2.27. The van der Waals surface area contributed by atoms with Crippen molar-refractivity contribution in [1.82, 2.24) is 0 Å². The zero-order valence-electron chi connectivity index (χ0n) is 9.30. The normalized spacial score (nSPS) is 11.2. The Kier molecular flexibility index (Phi) is 3.35. The molecule has 2 heteroatoms. The van der Waals surface area contributed by atoms with E-state index in [4.69, 9.17) is 11.6 Å². The molecular weight excluding hydrogens is 208 g/mol. The Hall–Kier alpha value is -1.08. The molecular formula is C13H15ClO. The average Bonchev–Trinajstić information content (AvgIpc) is 2.15. The molecule has 0 saturated carbocycles. The van der Waals surface area contributed by atoms with Gasteiger partial charge < -0.3 is 0 Å². The lowest BCUT2D eigenvalue weighted by molar-refractivity contribution is 0.108. The van der Waals surface area contributed by atoms with Crippen molar-refractivity contribution >= 4 is 22.9 Å². The van der Waals surface area contributed by atoms with E-state index in [9.17, 15) is 4.79 Å². The standard InChI is InChI=1S/C13H15ClO/c1-5-9-8-10(12(14)15)6-7-11(9)13(2,3)4/h5-8H,1H2,2-4H3. The molecule has 0 atom stereocenters. The minimum Gasteiger partial charge on any atom is -0.276 e. The van der Waals surface area contributed by atoms with Gasteiger partial charge in [0.05, 0.1) is 0 Å². The van der Waals surface area contributed by atoms with Crippen LogP contribution in [-0.4, -0.2) is 5.24 Å². The van der Waals surface area contributed by atoms with E-state index in [1.165, 1.54) is 5.56 Å². The summed E-state index contributed by atoms with van der Waals surface area (Å²) in [4.78, 5) is 11.0. The van der Waals surface area contributed by atoms with E-state index in [-0.39, 0.29) is 5.41 Å². The molecule has 0 aliphatic heterocycles. The molecule has 1 nitrogen and oxygen atoms in total. The smallest absolute Gasteiger partial charge is 0.252 e. The maximum atomic E-state index is 11.0. The maximum absolute atomic E-state index is 11.0. The van der Waals surface area contributed by atoms with Crippen LogP contribution in [0.15, 0.2) is 24.8 Å². The minimum absolute atomic E-state index is 0.0391. The van der Waals surface area contributed by atoms with E-state index in [0.29, 0.717) is 5.56 Å². The second kappa shape index (κ2) is 4.19. The van der Waals surface area contributed by atoms with E-state index >= 15 is 0 Å². The molecule has 0 unspecified atom stereocenters. The SMILES string of the molecule is C=Cc1cc(C(=O)Cl)ccc1C(C)(C)C. The minimum atomic E-state index is -0.432. The third kappa shape index (κ3) is 2.69. The Balaban J connectivity index is 3.33. The molecule has 0 N–H and O–H groups in total. The first-order chi connectivity index (χ1) is 6.86. The second-order valence-electron chi connectivity index (χ2n) is 4.53. The largest absolute Gasteiger partial charge is 0.276 e. The third-order valence-electron chi connectivity index (χ3n) is 2.31. The highest BCUT2D eigenvalue weighted by Gasteiger charge is 2.17. The van der Waals surface area contributed by atoms with Crippen molar-refractivity contribution in [2.45, 2.75) is 26.2 Å². The molecule has 0 aliphatic rings. The monoisotopic (exact) mass is 222 g/mol. The van der Waals surface area contributed by atoms with E-state index in [0.717, 1.165) is 5.56 Å². The van der Waals surface area contributed by atoms with Gasteiger partial charge in [-0.05, 0) is 40.3 Å². The van der Waals surface area contributed by atoms with E-state index < -0.39 is 5.24 Å². The molecule has 0 amide bonds. The van der Waals surface area contributed by atoms with Crippen LogP contribution in [-0.2, 0) is 5.41 Å². The van der Waals surface area contributed by atoms with Gasteiger partial charge in [0.15, 0.2) is 0 Å². The van der Waals surface area contributed by atoms with Gasteiger partial charge in [0.2, 0.25) is 0 Å². The number of halogens is 1. The molecule has 1 aromatic rings. The van der Waals surface area contributed by atoms with Crippen LogP contribution in [0, 0.1) is 0 Å². The fraction of sp³-hybridized carbons (Fsp3) is 0.308. The Morgan fingerprint density at radius 1 is 1.40 bits per heavy atom. The van der Waals surface area contributed by atoms with Crippen molar-refractivity contribution in [3.8, 4) is 0 Å². The summed E-state index contributed by atoms with van der Waals surface area (Å²) in [6.07, 6.45) is 1.75. The molecule has 1 rings (SSSR count). The molecule has 0 fully saturated rings. The quantitative estimate of drug-likeness (QED) is 0.692. The lowest BCUT2D eigenvalue weighted by Gasteiger charge is -2.22. The number of hydrogen-bond donors (Lipinski definition) is 0. The summed E-state index contributed by atoms with van der Waals surface area (Å²) in [7, 11) is 0. The molecule has 0 aromatic heterocycles. The molecule has 0 radical (unpaired) electrons. The summed E-state index contributed by atoms with van der Waals surface area (Å²) in [6.45, 7) is 10.1. The zero-order chi connectivity index (χ0) is 11.6. The van der Waals surface area contributed by atoms with E-state index in [1.807, 2.05) is 6.07 Å². The Bertz CT molecular complexity index is 399. The molecule has 0 heterocycles. The Labute approximate surface area is 95.8 Å². The van der Waals surface area contributed by atoms with Crippen molar-refractivity contribution in [1.29, 1.82) is 0 Å². The summed E-state index contributed by atoms with van der Waals surface area (Å²) >= 11 is 5.43. The van der Waals surface area contributed by atoms with Crippen LogP contribution in [0.5, 0.6) is 0 Å². The number of carbonyl (C=O) groups excluding carboxylic acids is 1. The fourth-order valence-corrected chi connectivity index (χ4v) is 1.65. The van der Waals surface area contributed by atoms with Crippen LogP contribution < -0.4 is 0 Å². The van der Waals surface area contributed by atoms with E-state index in [1.54, 1.807) is 18.2 Å². The van der Waals surface area contributed by atoms with Crippen LogP contribution >= 0.6 is 11.6 Å². The number of benzene rings is 1. The summed E-state index contributed by atoms with van der Waals surface area (Å²) in [5.41, 5.74) is 2.69. The molecule has 0 bridgehead atoms. The van der Waals surface area contributed by atoms with Crippen LogP contribution in [0.25, 0.3) is 6.08 Å². The van der Waals surface area contributed by atoms with Crippen molar-refractivity contribution in [2.75, 3.05) is 0 Å². The first-order valence-corrected chi connectivity index (χ1v) is 5.21. The van der Waals surface area contributed by atoms with Gasteiger partial charge >= 0.3 is 0 Å². The topological polar surface area (TPSA) is 17.1 Å². The molecule has 0 spiro atoms. The van der Waals surface area contributed by atoms with Gasteiger partial charge in [-0.25, -0.2) is 0 Å². The fourth-order valence-electron chi connectivity index (χ4n) is 1.54. The molecule has 0 saturated heterocycles. The first-order valence-electron chi connectivity index (χ1n) is 4.83. The van der Waals surface area contributed by atoms with Crippen LogP contribution in [0.2, 0.25) is 0 Å². The van der Waals surface area contributed by atoms with Gasteiger partial charge in [0.1, 0.15) is 0 Å². The molecule has 1 aromatic carbocycles.